The average Bonchev–Trinajstić information content (AvgIpc) is 3.17. The first kappa shape index (κ1) is 16.6. The van der Waals surface area contributed by atoms with Gasteiger partial charge in [-0.1, -0.05) is 6.92 Å². The van der Waals surface area contributed by atoms with Crippen LogP contribution in [0.15, 0.2) is 33.2 Å². The second-order valence-electron chi connectivity index (χ2n) is 6.03. The van der Waals surface area contributed by atoms with E-state index in [1.807, 2.05) is 18.2 Å². The van der Waals surface area contributed by atoms with Gasteiger partial charge in [-0.3, -0.25) is 0 Å². The van der Waals surface area contributed by atoms with Crippen LogP contribution in [-0.2, 0) is 13.0 Å². The van der Waals surface area contributed by atoms with Crippen molar-refractivity contribution in [1.82, 2.24) is 10.3 Å². The number of ether oxygens (including phenoxy) is 1. The molecule has 1 N–H and O–H groups in total. The van der Waals surface area contributed by atoms with E-state index in [9.17, 15) is 0 Å². The fourth-order valence-corrected chi connectivity index (χ4v) is 2.86. The zero-order valence-corrected chi connectivity index (χ0v) is 14.7. The minimum Gasteiger partial charge on any atom is -0.497 e. The fraction of sp³-hybridized carbons (Fsp3) is 0.421. The molecule has 128 valence electrons. The molecule has 0 spiro atoms. The van der Waals surface area contributed by atoms with Gasteiger partial charge in [0.05, 0.1) is 25.9 Å². The average molecular weight is 328 g/mol. The van der Waals surface area contributed by atoms with Crippen LogP contribution in [0.2, 0.25) is 0 Å². The third-order valence-electron chi connectivity index (χ3n) is 4.22. The van der Waals surface area contributed by atoms with E-state index in [2.05, 4.69) is 31.1 Å². The van der Waals surface area contributed by atoms with Crippen LogP contribution in [0.25, 0.3) is 11.0 Å². The molecule has 5 heteroatoms. The number of aromatic nitrogens is 1. The van der Waals surface area contributed by atoms with Gasteiger partial charge in [0, 0.05) is 17.4 Å². The minimum absolute atomic E-state index is 0.0723. The van der Waals surface area contributed by atoms with Crippen LogP contribution in [0.5, 0.6) is 5.75 Å². The normalized spacial score (nSPS) is 12.7. The molecule has 0 aliphatic heterocycles. The second kappa shape index (κ2) is 7.09. The topological polar surface area (TPSA) is 60.4 Å². The summed E-state index contributed by atoms with van der Waals surface area (Å²) in [5, 5.41) is 4.53. The summed E-state index contributed by atoms with van der Waals surface area (Å²) in [6, 6.07) is 5.95. The maximum atomic E-state index is 6.03. The first-order valence-electron chi connectivity index (χ1n) is 8.36. The fourth-order valence-electron chi connectivity index (χ4n) is 2.86. The smallest absolute Gasteiger partial charge is 0.194 e. The Labute approximate surface area is 142 Å². The Balaban J connectivity index is 1.73. The number of fused-ring (bicyclic) bond motifs is 1. The van der Waals surface area contributed by atoms with Crippen LogP contribution in [0.3, 0.4) is 0 Å². The third kappa shape index (κ3) is 3.31. The van der Waals surface area contributed by atoms with Gasteiger partial charge in [0.25, 0.3) is 0 Å². The highest BCUT2D eigenvalue weighted by atomic mass is 16.5. The predicted molar refractivity (Wildman–Crippen MR) is 93.3 cm³/mol. The number of nitrogens with one attached hydrogen (secondary N) is 1. The quantitative estimate of drug-likeness (QED) is 0.690. The lowest BCUT2D eigenvalue weighted by Crippen LogP contribution is -2.17. The number of rotatable bonds is 7. The summed E-state index contributed by atoms with van der Waals surface area (Å²) < 4.78 is 17.0. The number of benzene rings is 1. The Morgan fingerprint density at radius 3 is 2.88 bits per heavy atom. The molecule has 0 aliphatic carbocycles. The molecule has 0 fully saturated rings. The molecule has 1 aromatic carbocycles. The number of methoxy groups -OCH3 is 1. The Kier molecular flexibility index (Phi) is 4.90. The molecule has 0 aliphatic rings. The lowest BCUT2D eigenvalue weighted by molar-refractivity contribution is 0.400. The molecule has 1 atom stereocenters. The van der Waals surface area contributed by atoms with Crippen molar-refractivity contribution in [1.29, 1.82) is 0 Å². The van der Waals surface area contributed by atoms with E-state index >= 15 is 0 Å². The maximum absolute atomic E-state index is 6.03. The van der Waals surface area contributed by atoms with E-state index in [0.29, 0.717) is 6.54 Å². The first-order valence-corrected chi connectivity index (χ1v) is 8.36. The van der Waals surface area contributed by atoms with Crippen molar-refractivity contribution in [3.63, 3.8) is 0 Å². The van der Waals surface area contributed by atoms with E-state index in [1.165, 1.54) is 0 Å². The summed E-state index contributed by atoms with van der Waals surface area (Å²) in [7, 11) is 1.67. The van der Waals surface area contributed by atoms with Gasteiger partial charge < -0.3 is 18.9 Å². The highest BCUT2D eigenvalue weighted by Crippen LogP contribution is 2.32. The summed E-state index contributed by atoms with van der Waals surface area (Å²) in [5.41, 5.74) is 2.01. The number of oxazole rings is 1. The van der Waals surface area contributed by atoms with Gasteiger partial charge in [-0.2, -0.15) is 0 Å². The van der Waals surface area contributed by atoms with Gasteiger partial charge in [-0.25, -0.2) is 4.98 Å². The van der Waals surface area contributed by atoms with Gasteiger partial charge in [-0.05, 0) is 38.5 Å². The lowest BCUT2D eigenvalue weighted by atomic mass is 10.1. The predicted octanol–water partition coefficient (Wildman–Crippen LogP) is 4.54. The largest absolute Gasteiger partial charge is 0.497 e. The summed E-state index contributed by atoms with van der Waals surface area (Å²) in [6.07, 6.45) is 3.70. The molecule has 0 bridgehead atoms. The SMILES string of the molecule is CCCc1ncc(CNC(C)c2oc3ccc(OC)cc3c2C)o1. The van der Waals surface area contributed by atoms with Crippen molar-refractivity contribution in [2.24, 2.45) is 0 Å². The molecule has 0 saturated carbocycles. The summed E-state index contributed by atoms with van der Waals surface area (Å²) in [4.78, 5) is 4.28. The molecule has 0 radical (unpaired) electrons. The van der Waals surface area contributed by atoms with Crippen LogP contribution >= 0.6 is 0 Å². The van der Waals surface area contributed by atoms with Gasteiger partial charge in [0.1, 0.15) is 22.9 Å². The molecule has 2 aromatic heterocycles. The molecular weight excluding hydrogens is 304 g/mol. The Morgan fingerprint density at radius 2 is 2.12 bits per heavy atom. The van der Waals surface area contributed by atoms with Crippen LogP contribution in [0, 0.1) is 6.92 Å². The van der Waals surface area contributed by atoms with Crippen LogP contribution in [-0.4, -0.2) is 12.1 Å². The minimum atomic E-state index is 0.0723. The van der Waals surface area contributed by atoms with Crippen molar-refractivity contribution < 1.29 is 13.6 Å². The Hall–Kier alpha value is -2.27. The van der Waals surface area contributed by atoms with E-state index < -0.39 is 0 Å². The molecule has 5 nitrogen and oxygen atoms in total. The number of nitrogens with zero attached hydrogens (tertiary/aromatic N) is 1. The van der Waals surface area contributed by atoms with Crippen molar-refractivity contribution in [2.75, 3.05) is 7.11 Å². The third-order valence-corrected chi connectivity index (χ3v) is 4.22. The van der Waals surface area contributed by atoms with E-state index in [-0.39, 0.29) is 6.04 Å². The first-order chi connectivity index (χ1) is 11.6. The van der Waals surface area contributed by atoms with E-state index in [4.69, 9.17) is 13.6 Å². The van der Waals surface area contributed by atoms with Crippen molar-refractivity contribution in [3.05, 3.63) is 47.4 Å². The highest BCUT2D eigenvalue weighted by Gasteiger charge is 2.17. The molecule has 3 rings (SSSR count). The van der Waals surface area contributed by atoms with Crippen molar-refractivity contribution in [3.8, 4) is 5.75 Å². The van der Waals surface area contributed by atoms with Gasteiger partial charge >= 0.3 is 0 Å². The van der Waals surface area contributed by atoms with Gasteiger partial charge in [0.15, 0.2) is 5.89 Å². The number of hydrogen-bond donors (Lipinski definition) is 1. The van der Waals surface area contributed by atoms with E-state index in [0.717, 1.165) is 52.5 Å². The maximum Gasteiger partial charge on any atom is 0.194 e. The summed E-state index contributed by atoms with van der Waals surface area (Å²) >= 11 is 0. The highest BCUT2D eigenvalue weighted by molar-refractivity contribution is 5.83. The van der Waals surface area contributed by atoms with Crippen molar-refractivity contribution in [2.45, 2.75) is 46.2 Å². The molecular formula is C19H24N2O3. The summed E-state index contributed by atoms with van der Waals surface area (Å²) in [5.74, 6) is 3.42. The zero-order valence-electron chi connectivity index (χ0n) is 14.7. The number of aryl methyl sites for hydroxylation is 2. The molecule has 1 unspecified atom stereocenters. The molecule has 24 heavy (non-hydrogen) atoms. The Bertz CT molecular complexity index is 819. The van der Waals surface area contributed by atoms with Crippen LogP contribution in [0.4, 0.5) is 0 Å². The van der Waals surface area contributed by atoms with Crippen molar-refractivity contribution >= 4 is 11.0 Å². The number of furan rings is 1. The molecule has 0 amide bonds. The summed E-state index contributed by atoms with van der Waals surface area (Å²) in [6.45, 7) is 6.90. The number of hydrogen-bond acceptors (Lipinski definition) is 5. The second-order valence-corrected chi connectivity index (χ2v) is 6.03. The van der Waals surface area contributed by atoms with Crippen LogP contribution < -0.4 is 10.1 Å². The Morgan fingerprint density at radius 1 is 1.29 bits per heavy atom. The van der Waals surface area contributed by atoms with Gasteiger partial charge in [-0.15, -0.1) is 0 Å². The molecule has 0 saturated heterocycles. The van der Waals surface area contributed by atoms with Crippen LogP contribution in [0.1, 0.15) is 49.3 Å². The molecule has 2 heterocycles. The zero-order chi connectivity index (χ0) is 17.1. The van der Waals surface area contributed by atoms with Gasteiger partial charge in [0.2, 0.25) is 0 Å². The van der Waals surface area contributed by atoms with E-state index in [1.54, 1.807) is 13.3 Å². The molecule has 3 aromatic rings. The monoisotopic (exact) mass is 328 g/mol. The lowest BCUT2D eigenvalue weighted by Gasteiger charge is -2.11. The standard InChI is InChI=1S/C19H24N2O3/c1-5-6-18-21-11-15(23-18)10-20-13(3)19-12(2)16-9-14(22-4)7-8-17(16)24-19/h7-9,11,13,20H,5-6,10H2,1-4H3.